The van der Waals surface area contributed by atoms with Gasteiger partial charge in [-0.3, -0.25) is 33.8 Å². The summed E-state index contributed by atoms with van der Waals surface area (Å²) in [6, 6.07) is -3.78. The summed E-state index contributed by atoms with van der Waals surface area (Å²) >= 11 is 0. The average molecular weight is 654 g/mol. The standard InChI is InChI=1S/C34H51N7O6/c1-7-10-23(27(42)32(46)37-21-13-14-21)38-31(45)26-22-12-9-11-20(22)18-41(26)33(47)28(34(4,5)6)40-30(44)25(19(3)8-2)39-29(43)24-17-35-15-16-36-24/h15-17,19-23,25-26,28H,7-14,18H2,1-6H3,(H,37,46)(H,38,45)(H,39,43)(H,40,44)/t19?,20-,22-,23+,25-,26-,28+/m0/s1. The minimum absolute atomic E-state index is 0.0106. The Kier molecular flexibility index (Phi) is 11.7. The second-order valence-corrected chi connectivity index (χ2v) is 14.5. The molecule has 13 nitrogen and oxygen atoms in total. The van der Waals surface area contributed by atoms with Gasteiger partial charge in [0.05, 0.1) is 12.2 Å². The van der Waals surface area contributed by atoms with E-state index in [1.54, 1.807) is 4.90 Å². The number of ketones is 1. The number of hydrogen-bond donors (Lipinski definition) is 4. The van der Waals surface area contributed by atoms with Gasteiger partial charge in [0.15, 0.2) is 0 Å². The third kappa shape index (κ3) is 8.72. The first-order chi connectivity index (χ1) is 22.3. The summed E-state index contributed by atoms with van der Waals surface area (Å²) < 4.78 is 0. The minimum atomic E-state index is -1.01. The molecule has 0 aromatic carbocycles. The lowest BCUT2D eigenvalue weighted by molar-refractivity contribution is -0.146. The molecule has 1 aromatic heterocycles. The van der Waals surface area contributed by atoms with Gasteiger partial charge in [-0.05, 0) is 55.3 Å². The zero-order chi connectivity index (χ0) is 34.5. The van der Waals surface area contributed by atoms with Crippen LogP contribution < -0.4 is 21.3 Å². The van der Waals surface area contributed by atoms with Gasteiger partial charge in [0, 0.05) is 25.0 Å². The molecule has 3 aliphatic rings. The first-order valence-electron chi connectivity index (χ1n) is 17.1. The summed E-state index contributed by atoms with van der Waals surface area (Å²) in [5.74, 6) is -3.52. The van der Waals surface area contributed by atoms with Crippen molar-refractivity contribution in [2.24, 2.45) is 23.2 Å². The van der Waals surface area contributed by atoms with Gasteiger partial charge < -0.3 is 26.2 Å². The number of carbonyl (C=O) groups excluding carboxylic acids is 6. The minimum Gasteiger partial charge on any atom is -0.347 e. The molecular weight excluding hydrogens is 602 g/mol. The van der Waals surface area contributed by atoms with E-state index in [1.807, 2.05) is 41.5 Å². The van der Waals surface area contributed by atoms with Crippen LogP contribution in [0, 0.1) is 23.2 Å². The summed E-state index contributed by atoms with van der Waals surface area (Å²) in [4.78, 5) is 90.4. The molecule has 0 radical (unpaired) electrons. The number of amides is 5. The average Bonchev–Trinajstić information content (AvgIpc) is 3.61. The maximum atomic E-state index is 14.5. The van der Waals surface area contributed by atoms with E-state index in [2.05, 4.69) is 31.2 Å². The number of nitrogens with zero attached hydrogens (tertiary/aromatic N) is 3. The van der Waals surface area contributed by atoms with E-state index in [0.29, 0.717) is 25.8 Å². The summed E-state index contributed by atoms with van der Waals surface area (Å²) in [6.07, 6.45) is 9.86. The second-order valence-electron chi connectivity index (χ2n) is 14.5. The lowest BCUT2D eigenvalue weighted by Crippen LogP contribution is -2.62. The Morgan fingerprint density at radius 2 is 1.70 bits per heavy atom. The normalized spacial score (nSPS) is 23.1. The molecule has 5 amide bonds. The van der Waals surface area contributed by atoms with Crippen LogP contribution in [0.2, 0.25) is 0 Å². The largest absolute Gasteiger partial charge is 0.347 e. The van der Waals surface area contributed by atoms with Crippen LogP contribution in [0.15, 0.2) is 18.6 Å². The molecule has 0 spiro atoms. The van der Waals surface area contributed by atoms with E-state index in [-0.39, 0.29) is 29.5 Å². The van der Waals surface area contributed by atoms with Crippen molar-refractivity contribution in [1.29, 1.82) is 0 Å². The van der Waals surface area contributed by atoms with Crippen molar-refractivity contribution < 1.29 is 28.8 Å². The van der Waals surface area contributed by atoms with Crippen molar-refractivity contribution in [2.45, 2.75) is 123 Å². The molecule has 1 unspecified atom stereocenters. The van der Waals surface area contributed by atoms with Crippen LogP contribution in [0.1, 0.15) is 103 Å². The smallest absolute Gasteiger partial charge is 0.289 e. The SMILES string of the molecule is CCC[C@@H](NC(=O)[C@@H]1[C@H]2CCC[C@H]2CN1C(=O)[C@@H](NC(=O)[C@@H](NC(=O)c1cnccn1)C(C)CC)C(C)(C)C)C(=O)C(=O)NC1CC1. The van der Waals surface area contributed by atoms with Crippen LogP contribution in [0.25, 0.3) is 0 Å². The van der Waals surface area contributed by atoms with Gasteiger partial charge in [-0.15, -0.1) is 0 Å². The molecule has 1 saturated heterocycles. The fourth-order valence-corrected chi connectivity index (χ4v) is 6.71. The van der Waals surface area contributed by atoms with Gasteiger partial charge in [-0.1, -0.05) is 60.8 Å². The highest BCUT2D eigenvalue weighted by molar-refractivity contribution is 6.38. The number of likely N-dealkylation sites (tertiary alicyclic amines) is 1. The lowest BCUT2D eigenvalue weighted by atomic mass is 9.84. The molecule has 4 rings (SSSR count). The molecule has 2 heterocycles. The Labute approximate surface area is 277 Å². The number of rotatable bonds is 14. The van der Waals surface area contributed by atoms with Gasteiger partial charge in [0.1, 0.15) is 23.8 Å². The van der Waals surface area contributed by atoms with Crippen molar-refractivity contribution in [3.05, 3.63) is 24.3 Å². The lowest BCUT2D eigenvalue weighted by Gasteiger charge is -2.37. The van der Waals surface area contributed by atoms with E-state index in [9.17, 15) is 28.8 Å². The zero-order valence-electron chi connectivity index (χ0n) is 28.5. The highest BCUT2D eigenvalue weighted by Crippen LogP contribution is 2.43. The van der Waals surface area contributed by atoms with E-state index < -0.39 is 64.9 Å². The van der Waals surface area contributed by atoms with Crippen molar-refractivity contribution in [1.82, 2.24) is 36.1 Å². The zero-order valence-corrected chi connectivity index (χ0v) is 28.5. The summed E-state index contributed by atoms with van der Waals surface area (Å²) in [7, 11) is 0. The molecule has 4 N–H and O–H groups in total. The quantitative estimate of drug-likeness (QED) is 0.220. The van der Waals surface area contributed by atoms with Gasteiger partial charge >= 0.3 is 0 Å². The van der Waals surface area contributed by atoms with E-state index in [4.69, 9.17) is 0 Å². The third-order valence-corrected chi connectivity index (χ3v) is 9.77. The predicted octanol–water partition coefficient (Wildman–Crippen LogP) is 1.91. The fourth-order valence-electron chi connectivity index (χ4n) is 6.71. The summed E-state index contributed by atoms with van der Waals surface area (Å²) in [6.45, 7) is 11.5. The van der Waals surface area contributed by atoms with Crippen LogP contribution in [0.5, 0.6) is 0 Å². The number of hydrogen-bond acceptors (Lipinski definition) is 8. The molecule has 0 bridgehead atoms. The first kappa shape index (κ1) is 35.9. The number of carbonyl (C=O) groups is 6. The highest BCUT2D eigenvalue weighted by atomic mass is 16.2. The molecule has 1 aromatic rings. The van der Waals surface area contributed by atoms with Crippen molar-refractivity contribution in [2.75, 3.05) is 6.54 Å². The Morgan fingerprint density at radius 1 is 0.979 bits per heavy atom. The molecule has 3 fully saturated rings. The number of aromatic nitrogens is 2. The highest BCUT2D eigenvalue weighted by Gasteiger charge is 2.52. The maximum absolute atomic E-state index is 14.5. The summed E-state index contributed by atoms with van der Waals surface area (Å²) in [5, 5.41) is 11.3. The maximum Gasteiger partial charge on any atom is 0.289 e. The Hall–Kier alpha value is -3.90. The third-order valence-electron chi connectivity index (χ3n) is 9.77. The Bertz CT molecular complexity index is 1330. The molecule has 1 aliphatic heterocycles. The molecule has 258 valence electrons. The fraction of sp³-hybridized carbons (Fsp3) is 0.706. The molecule has 47 heavy (non-hydrogen) atoms. The van der Waals surface area contributed by atoms with E-state index in [0.717, 1.165) is 32.1 Å². The van der Waals surface area contributed by atoms with Gasteiger partial charge in [0.25, 0.3) is 11.8 Å². The monoisotopic (exact) mass is 653 g/mol. The molecular formula is C34H51N7O6. The van der Waals surface area contributed by atoms with E-state index in [1.165, 1.54) is 18.6 Å². The van der Waals surface area contributed by atoms with Crippen LogP contribution in [0.4, 0.5) is 0 Å². The summed E-state index contributed by atoms with van der Waals surface area (Å²) in [5.41, 5.74) is -0.679. The van der Waals surface area contributed by atoms with Gasteiger partial charge in [0.2, 0.25) is 23.5 Å². The Balaban J connectivity index is 1.55. The van der Waals surface area contributed by atoms with Crippen molar-refractivity contribution in [3.63, 3.8) is 0 Å². The van der Waals surface area contributed by atoms with Gasteiger partial charge in [-0.2, -0.15) is 0 Å². The van der Waals surface area contributed by atoms with Crippen LogP contribution in [0.3, 0.4) is 0 Å². The van der Waals surface area contributed by atoms with Crippen molar-refractivity contribution >= 4 is 35.3 Å². The van der Waals surface area contributed by atoms with Crippen molar-refractivity contribution in [3.8, 4) is 0 Å². The predicted molar refractivity (Wildman–Crippen MR) is 173 cm³/mol. The first-order valence-corrected chi connectivity index (χ1v) is 17.1. The number of nitrogens with one attached hydrogen (secondary N) is 4. The molecule has 2 saturated carbocycles. The van der Waals surface area contributed by atoms with Gasteiger partial charge in [-0.25, -0.2) is 4.98 Å². The Morgan fingerprint density at radius 3 is 2.30 bits per heavy atom. The van der Waals surface area contributed by atoms with Crippen LogP contribution in [-0.2, 0) is 24.0 Å². The number of Topliss-reactive ketones (excluding diaryl/α,β-unsaturated/α-hetero) is 1. The van der Waals surface area contributed by atoms with E-state index >= 15 is 0 Å². The second kappa shape index (κ2) is 15.3. The number of fused-ring (bicyclic) bond motifs is 1. The van der Waals surface area contributed by atoms with Crippen LogP contribution in [-0.4, -0.2) is 86.9 Å². The van der Waals surface area contributed by atoms with Crippen LogP contribution >= 0.6 is 0 Å². The molecule has 13 heteroatoms. The molecule has 2 aliphatic carbocycles. The molecule has 7 atom stereocenters. The topological polar surface area (TPSA) is 180 Å².